The molecule has 0 fully saturated rings. The van der Waals surface area contributed by atoms with Crippen LogP contribution < -0.4 is 0 Å². The van der Waals surface area contributed by atoms with E-state index in [1.807, 2.05) is 6.08 Å². The summed E-state index contributed by atoms with van der Waals surface area (Å²) in [7, 11) is -1.42. The second kappa shape index (κ2) is 6.29. The molecule has 0 aromatic carbocycles. The summed E-state index contributed by atoms with van der Waals surface area (Å²) in [5.41, 5.74) is 0. The van der Waals surface area contributed by atoms with Crippen molar-refractivity contribution in [3.05, 3.63) is 24.5 Å². The molecular formula is C14H26OSi. The third-order valence-corrected chi connectivity index (χ3v) is 3.72. The van der Waals surface area contributed by atoms with Gasteiger partial charge in [0.1, 0.15) is 0 Å². The number of allylic oxidation sites excluding steroid dienone is 3. The number of hydrogen-bond donors (Lipinski definition) is 0. The summed E-state index contributed by atoms with van der Waals surface area (Å²) in [4.78, 5) is 0. The van der Waals surface area contributed by atoms with Crippen molar-refractivity contribution in [2.45, 2.75) is 58.2 Å². The molecular weight excluding hydrogens is 212 g/mol. The van der Waals surface area contributed by atoms with E-state index in [4.69, 9.17) is 4.43 Å². The predicted molar refractivity (Wildman–Crippen MR) is 73.9 cm³/mol. The highest BCUT2D eigenvalue weighted by Crippen LogP contribution is 2.27. The van der Waals surface area contributed by atoms with Crippen molar-refractivity contribution in [1.82, 2.24) is 0 Å². The summed E-state index contributed by atoms with van der Waals surface area (Å²) in [5, 5.41) is 0. The quantitative estimate of drug-likeness (QED) is 0.490. The Balaban J connectivity index is 2.57. The molecule has 1 atom stereocenters. The first kappa shape index (κ1) is 13.6. The lowest BCUT2D eigenvalue weighted by atomic mass is 9.98. The Morgan fingerprint density at radius 1 is 1.44 bits per heavy atom. The van der Waals surface area contributed by atoms with Crippen LogP contribution >= 0.6 is 0 Å². The van der Waals surface area contributed by atoms with E-state index in [2.05, 4.69) is 32.3 Å². The van der Waals surface area contributed by atoms with E-state index in [0.29, 0.717) is 5.92 Å². The zero-order chi connectivity index (χ0) is 12.0. The van der Waals surface area contributed by atoms with Gasteiger partial charge in [-0.05, 0) is 57.3 Å². The van der Waals surface area contributed by atoms with Gasteiger partial charge in [0.05, 0.1) is 5.76 Å². The van der Waals surface area contributed by atoms with Crippen molar-refractivity contribution in [3.8, 4) is 0 Å². The van der Waals surface area contributed by atoms with Crippen molar-refractivity contribution < 1.29 is 4.43 Å². The summed E-state index contributed by atoms with van der Waals surface area (Å²) >= 11 is 0. The van der Waals surface area contributed by atoms with Crippen molar-refractivity contribution >= 4 is 8.32 Å². The fraction of sp³-hybridized carbons (Fsp3) is 0.714. The Morgan fingerprint density at radius 3 is 2.81 bits per heavy atom. The topological polar surface area (TPSA) is 9.23 Å². The van der Waals surface area contributed by atoms with E-state index in [9.17, 15) is 0 Å². The first-order valence-electron chi connectivity index (χ1n) is 6.52. The molecule has 16 heavy (non-hydrogen) atoms. The molecule has 1 aliphatic rings. The molecule has 1 rings (SSSR count). The summed E-state index contributed by atoms with van der Waals surface area (Å²) in [6.07, 6.45) is 11.9. The second-order valence-electron chi connectivity index (χ2n) is 5.72. The SMILES string of the molecule is C=CCCC1C=C(O[Si](C)(C)C)CCCC1. The third kappa shape index (κ3) is 5.55. The van der Waals surface area contributed by atoms with Gasteiger partial charge in [-0.25, -0.2) is 0 Å². The standard InChI is InChI=1S/C14H26OSi/c1-5-6-9-13-10-7-8-11-14(12-13)15-16(2,3)4/h5,12-13H,1,6-11H2,2-4H3. The van der Waals surface area contributed by atoms with Crippen LogP contribution in [0.5, 0.6) is 0 Å². The lowest BCUT2D eigenvalue weighted by Crippen LogP contribution is -2.24. The maximum Gasteiger partial charge on any atom is 0.241 e. The zero-order valence-corrected chi connectivity index (χ0v) is 12.1. The van der Waals surface area contributed by atoms with Crippen LogP contribution in [0.25, 0.3) is 0 Å². The molecule has 92 valence electrons. The van der Waals surface area contributed by atoms with Gasteiger partial charge in [-0.3, -0.25) is 0 Å². The molecule has 0 aromatic rings. The summed E-state index contributed by atoms with van der Waals surface area (Å²) in [6, 6.07) is 0. The first-order valence-corrected chi connectivity index (χ1v) is 9.93. The minimum Gasteiger partial charge on any atom is -0.548 e. The molecule has 0 aliphatic heterocycles. The Hall–Kier alpha value is -0.503. The second-order valence-corrected chi connectivity index (χ2v) is 10.1. The van der Waals surface area contributed by atoms with Crippen molar-refractivity contribution in [3.63, 3.8) is 0 Å². The molecule has 0 amide bonds. The van der Waals surface area contributed by atoms with Gasteiger partial charge in [0.25, 0.3) is 0 Å². The van der Waals surface area contributed by atoms with Gasteiger partial charge < -0.3 is 4.43 Å². The zero-order valence-electron chi connectivity index (χ0n) is 11.1. The summed E-state index contributed by atoms with van der Waals surface area (Å²) < 4.78 is 6.14. The fourth-order valence-electron chi connectivity index (χ4n) is 2.17. The molecule has 1 nitrogen and oxygen atoms in total. The van der Waals surface area contributed by atoms with Crippen LogP contribution in [0.4, 0.5) is 0 Å². The van der Waals surface area contributed by atoms with E-state index in [0.717, 1.165) is 12.8 Å². The van der Waals surface area contributed by atoms with Gasteiger partial charge in [0.15, 0.2) is 0 Å². The minimum absolute atomic E-state index is 0.715. The fourth-order valence-corrected chi connectivity index (χ4v) is 3.13. The molecule has 0 heterocycles. The van der Waals surface area contributed by atoms with Gasteiger partial charge in [-0.2, -0.15) is 0 Å². The van der Waals surface area contributed by atoms with Crippen LogP contribution in [-0.2, 0) is 4.43 Å². The van der Waals surface area contributed by atoms with E-state index in [1.54, 1.807) is 0 Å². The van der Waals surface area contributed by atoms with Gasteiger partial charge in [0.2, 0.25) is 8.32 Å². The van der Waals surface area contributed by atoms with Gasteiger partial charge >= 0.3 is 0 Å². The van der Waals surface area contributed by atoms with Crippen LogP contribution in [0.1, 0.15) is 38.5 Å². The van der Waals surface area contributed by atoms with E-state index >= 15 is 0 Å². The number of hydrogen-bond acceptors (Lipinski definition) is 1. The van der Waals surface area contributed by atoms with Crippen LogP contribution in [0.2, 0.25) is 19.6 Å². The van der Waals surface area contributed by atoms with Crippen LogP contribution in [-0.4, -0.2) is 8.32 Å². The third-order valence-electron chi connectivity index (χ3n) is 2.85. The number of rotatable bonds is 5. The molecule has 1 aliphatic carbocycles. The van der Waals surface area contributed by atoms with Gasteiger partial charge in [-0.1, -0.05) is 12.5 Å². The highest BCUT2D eigenvalue weighted by atomic mass is 28.4. The Bertz CT molecular complexity index is 250. The molecule has 0 saturated carbocycles. The van der Waals surface area contributed by atoms with E-state index in [1.165, 1.54) is 31.4 Å². The average Bonchev–Trinajstić information content (AvgIpc) is 2.37. The lowest BCUT2D eigenvalue weighted by molar-refractivity contribution is 0.394. The van der Waals surface area contributed by atoms with E-state index in [-0.39, 0.29) is 0 Å². The molecule has 0 bridgehead atoms. The Labute approximate surface area is 102 Å². The predicted octanol–water partition coefficient (Wildman–Crippen LogP) is 4.88. The largest absolute Gasteiger partial charge is 0.548 e. The van der Waals surface area contributed by atoms with Crippen LogP contribution in [0.3, 0.4) is 0 Å². The van der Waals surface area contributed by atoms with Gasteiger partial charge in [0, 0.05) is 6.42 Å². The maximum atomic E-state index is 6.14. The lowest BCUT2D eigenvalue weighted by Gasteiger charge is -2.22. The molecule has 1 unspecified atom stereocenters. The molecule has 0 radical (unpaired) electrons. The monoisotopic (exact) mass is 238 g/mol. The Kier molecular flexibility index (Phi) is 5.33. The first-order chi connectivity index (χ1) is 7.51. The highest BCUT2D eigenvalue weighted by molar-refractivity contribution is 6.70. The molecule has 0 saturated heterocycles. The van der Waals surface area contributed by atoms with Crippen molar-refractivity contribution in [2.75, 3.05) is 0 Å². The highest BCUT2D eigenvalue weighted by Gasteiger charge is 2.20. The molecule has 0 aromatic heterocycles. The summed E-state index contributed by atoms with van der Waals surface area (Å²) in [6.45, 7) is 10.6. The average molecular weight is 238 g/mol. The van der Waals surface area contributed by atoms with Crippen molar-refractivity contribution in [2.24, 2.45) is 5.92 Å². The van der Waals surface area contributed by atoms with Crippen molar-refractivity contribution in [1.29, 1.82) is 0 Å². The molecule has 0 spiro atoms. The van der Waals surface area contributed by atoms with Crippen LogP contribution in [0, 0.1) is 5.92 Å². The molecule has 0 N–H and O–H groups in total. The molecule has 2 heteroatoms. The van der Waals surface area contributed by atoms with Crippen LogP contribution in [0.15, 0.2) is 24.5 Å². The Morgan fingerprint density at radius 2 is 2.19 bits per heavy atom. The minimum atomic E-state index is -1.42. The van der Waals surface area contributed by atoms with E-state index < -0.39 is 8.32 Å². The smallest absolute Gasteiger partial charge is 0.241 e. The normalized spacial score (nSPS) is 22.2. The van der Waals surface area contributed by atoms with Gasteiger partial charge in [-0.15, -0.1) is 6.58 Å². The maximum absolute atomic E-state index is 6.14. The summed E-state index contributed by atoms with van der Waals surface area (Å²) in [5.74, 6) is 1.98.